The van der Waals surface area contributed by atoms with E-state index in [1.54, 1.807) is 0 Å². The van der Waals surface area contributed by atoms with Crippen LogP contribution < -0.4 is 5.73 Å². The van der Waals surface area contributed by atoms with E-state index in [9.17, 15) is 8.42 Å². The molecule has 0 bridgehead atoms. The molecule has 96 valence electrons. The number of rotatable bonds is 7. The predicted molar refractivity (Wildman–Crippen MR) is 68.1 cm³/mol. The number of nitrogens with two attached hydrogens (primary N) is 1. The highest BCUT2D eigenvalue weighted by Gasteiger charge is 2.32. The average Bonchev–Trinajstić information content (AvgIpc) is 2.59. The van der Waals surface area contributed by atoms with Crippen molar-refractivity contribution in [3.8, 4) is 0 Å². The fraction of sp³-hybridized carbons (Fsp3) is 1.00. The Balaban J connectivity index is 2.31. The number of hydrogen-bond donors (Lipinski definition) is 1. The molecule has 0 aliphatic carbocycles. The van der Waals surface area contributed by atoms with E-state index in [1.807, 2.05) is 0 Å². The van der Waals surface area contributed by atoms with Crippen molar-refractivity contribution in [3.63, 3.8) is 0 Å². The Kier molecular flexibility index (Phi) is 5.76. The quantitative estimate of drug-likeness (QED) is 0.700. The lowest BCUT2D eigenvalue weighted by Gasteiger charge is -2.20. The highest BCUT2D eigenvalue weighted by Crippen LogP contribution is 2.28. The van der Waals surface area contributed by atoms with Gasteiger partial charge in [-0.05, 0) is 31.2 Å². The summed E-state index contributed by atoms with van der Waals surface area (Å²) in [5.41, 5.74) is 5.76. The second kappa shape index (κ2) is 6.60. The van der Waals surface area contributed by atoms with Crippen LogP contribution in [0.5, 0.6) is 0 Å². The SMILES string of the molecule is CCCCCCC(CN)C1CCS(=O)(=O)C1. The molecule has 2 N–H and O–H groups in total. The Morgan fingerprint density at radius 1 is 1.31 bits per heavy atom. The van der Waals surface area contributed by atoms with E-state index in [1.165, 1.54) is 25.7 Å². The summed E-state index contributed by atoms with van der Waals surface area (Å²) >= 11 is 0. The fourth-order valence-electron chi connectivity index (χ4n) is 2.57. The Morgan fingerprint density at radius 3 is 2.56 bits per heavy atom. The van der Waals surface area contributed by atoms with Crippen molar-refractivity contribution in [2.24, 2.45) is 17.6 Å². The van der Waals surface area contributed by atoms with Crippen LogP contribution in [0.3, 0.4) is 0 Å². The van der Waals surface area contributed by atoms with Gasteiger partial charge in [-0.1, -0.05) is 32.6 Å². The van der Waals surface area contributed by atoms with Gasteiger partial charge in [-0.15, -0.1) is 0 Å². The standard InChI is InChI=1S/C12H25NO2S/c1-2-3-4-5-6-11(9-13)12-7-8-16(14,15)10-12/h11-12H,2-10,13H2,1H3. The van der Waals surface area contributed by atoms with Gasteiger partial charge in [-0.2, -0.15) is 0 Å². The first-order chi connectivity index (χ1) is 7.59. The molecule has 1 heterocycles. The first-order valence-corrected chi connectivity index (χ1v) is 8.31. The van der Waals surface area contributed by atoms with Crippen molar-refractivity contribution in [1.29, 1.82) is 0 Å². The maximum absolute atomic E-state index is 11.4. The fourth-order valence-corrected chi connectivity index (χ4v) is 4.49. The van der Waals surface area contributed by atoms with Gasteiger partial charge in [0.25, 0.3) is 0 Å². The summed E-state index contributed by atoms with van der Waals surface area (Å²) in [6.07, 6.45) is 6.92. The van der Waals surface area contributed by atoms with E-state index in [0.717, 1.165) is 12.8 Å². The molecule has 2 atom stereocenters. The molecule has 0 amide bonds. The van der Waals surface area contributed by atoms with Gasteiger partial charge in [0.2, 0.25) is 0 Å². The summed E-state index contributed by atoms with van der Waals surface area (Å²) in [6.45, 7) is 2.84. The van der Waals surface area contributed by atoms with Gasteiger partial charge in [-0.25, -0.2) is 8.42 Å². The Hall–Kier alpha value is -0.0900. The van der Waals surface area contributed by atoms with Crippen LogP contribution >= 0.6 is 0 Å². The Bertz CT molecular complexity index is 287. The predicted octanol–water partition coefficient (Wildman–Crippen LogP) is 1.97. The van der Waals surface area contributed by atoms with Crippen molar-refractivity contribution in [3.05, 3.63) is 0 Å². The largest absolute Gasteiger partial charge is 0.330 e. The Labute approximate surface area is 99.7 Å². The van der Waals surface area contributed by atoms with Crippen molar-refractivity contribution < 1.29 is 8.42 Å². The zero-order valence-electron chi connectivity index (χ0n) is 10.3. The van der Waals surface area contributed by atoms with E-state index >= 15 is 0 Å². The molecule has 2 unspecified atom stereocenters. The maximum atomic E-state index is 11.4. The lowest BCUT2D eigenvalue weighted by Crippen LogP contribution is -2.24. The van der Waals surface area contributed by atoms with Gasteiger partial charge in [0, 0.05) is 0 Å². The highest BCUT2D eigenvalue weighted by molar-refractivity contribution is 7.91. The first kappa shape index (κ1) is 14.0. The normalized spacial score (nSPS) is 25.8. The van der Waals surface area contributed by atoms with Gasteiger partial charge >= 0.3 is 0 Å². The molecule has 1 saturated heterocycles. The van der Waals surface area contributed by atoms with Gasteiger partial charge in [0.05, 0.1) is 11.5 Å². The maximum Gasteiger partial charge on any atom is 0.150 e. The summed E-state index contributed by atoms with van der Waals surface area (Å²) in [5.74, 6) is 1.51. The molecule has 1 rings (SSSR count). The summed E-state index contributed by atoms with van der Waals surface area (Å²) in [7, 11) is -2.74. The molecule has 3 nitrogen and oxygen atoms in total. The van der Waals surface area contributed by atoms with Crippen molar-refractivity contribution in [2.75, 3.05) is 18.1 Å². The van der Waals surface area contributed by atoms with Crippen LogP contribution in [0.25, 0.3) is 0 Å². The molecule has 0 saturated carbocycles. The molecule has 0 radical (unpaired) electrons. The summed E-state index contributed by atoms with van der Waals surface area (Å²) in [4.78, 5) is 0. The van der Waals surface area contributed by atoms with E-state index in [0.29, 0.717) is 29.9 Å². The van der Waals surface area contributed by atoms with Crippen LogP contribution in [0.2, 0.25) is 0 Å². The van der Waals surface area contributed by atoms with Gasteiger partial charge in [0.1, 0.15) is 0 Å². The molecule has 0 aromatic carbocycles. The van der Waals surface area contributed by atoms with Crippen LogP contribution in [0, 0.1) is 11.8 Å². The third-order valence-corrected chi connectivity index (χ3v) is 5.46. The first-order valence-electron chi connectivity index (χ1n) is 6.49. The second-order valence-corrected chi connectivity index (χ2v) is 7.24. The van der Waals surface area contributed by atoms with E-state index in [4.69, 9.17) is 5.73 Å². The molecule has 16 heavy (non-hydrogen) atoms. The van der Waals surface area contributed by atoms with Gasteiger partial charge in [0.15, 0.2) is 9.84 Å². The summed E-state index contributed by atoms with van der Waals surface area (Å²) < 4.78 is 22.8. The van der Waals surface area contributed by atoms with Crippen LogP contribution in [-0.2, 0) is 9.84 Å². The Morgan fingerprint density at radius 2 is 2.06 bits per heavy atom. The lowest BCUT2D eigenvalue weighted by molar-refractivity contribution is 0.338. The van der Waals surface area contributed by atoms with Crippen molar-refractivity contribution in [1.82, 2.24) is 0 Å². The second-order valence-electron chi connectivity index (χ2n) is 5.01. The molecule has 0 aromatic rings. The molecule has 1 aliphatic rings. The zero-order valence-corrected chi connectivity index (χ0v) is 11.1. The minimum Gasteiger partial charge on any atom is -0.330 e. The van der Waals surface area contributed by atoms with Crippen molar-refractivity contribution in [2.45, 2.75) is 45.4 Å². The minimum absolute atomic E-state index is 0.330. The third-order valence-electron chi connectivity index (χ3n) is 3.67. The van der Waals surface area contributed by atoms with Gasteiger partial charge in [-0.3, -0.25) is 0 Å². The topological polar surface area (TPSA) is 60.2 Å². The summed E-state index contributed by atoms with van der Waals surface area (Å²) in [6, 6.07) is 0. The van der Waals surface area contributed by atoms with Crippen LogP contribution in [0.1, 0.15) is 45.4 Å². The lowest BCUT2D eigenvalue weighted by atomic mass is 9.87. The molecule has 1 fully saturated rings. The smallest absolute Gasteiger partial charge is 0.150 e. The third kappa shape index (κ3) is 4.42. The average molecular weight is 247 g/mol. The molecular formula is C12H25NO2S. The number of sulfone groups is 1. The van der Waals surface area contributed by atoms with Crippen molar-refractivity contribution >= 4 is 9.84 Å². The van der Waals surface area contributed by atoms with Gasteiger partial charge < -0.3 is 5.73 Å². The number of unbranched alkanes of at least 4 members (excludes halogenated alkanes) is 3. The monoisotopic (exact) mass is 247 g/mol. The molecule has 1 aliphatic heterocycles. The van der Waals surface area contributed by atoms with Crippen LogP contribution in [0.15, 0.2) is 0 Å². The highest BCUT2D eigenvalue weighted by atomic mass is 32.2. The molecule has 4 heteroatoms. The molecule has 0 aromatic heterocycles. The molecule has 0 spiro atoms. The zero-order chi connectivity index (χ0) is 12.0. The summed E-state index contributed by atoms with van der Waals surface area (Å²) in [5, 5.41) is 0. The van der Waals surface area contributed by atoms with E-state index < -0.39 is 9.84 Å². The van der Waals surface area contributed by atoms with Crippen LogP contribution in [-0.4, -0.2) is 26.5 Å². The van der Waals surface area contributed by atoms with E-state index in [-0.39, 0.29) is 0 Å². The van der Waals surface area contributed by atoms with Crippen LogP contribution in [0.4, 0.5) is 0 Å². The van der Waals surface area contributed by atoms with E-state index in [2.05, 4.69) is 6.92 Å². The molecular weight excluding hydrogens is 222 g/mol. The minimum atomic E-state index is -2.74. The number of hydrogen-bond acceptors (Lipinski definition) is 3.